The third kappa shape index (κ3) is 4.11. The number of ether oxygens (including phenoxy) is 1. The summed E-state index contributed by atoms with van der Waals surface area (Å²) in [5, 5.41) is 10.2. The zero-order valence-electron chi connectivity index (χ0n) is 13.1. The highest BCUT2D eigenvalue weighted by Crippen LogP contribution is 2.25. The van der Waals surface area contributed by atoms with Gasteiger partial charge in [0.1, 0.15) is 5.01 Å². The maximum atomic E-state index is 11.8. The number of aromatic nitrogens is 5. The molecule has 0 aliphatic heterocycles. The molecule has 3 heterocycles. The number of rotatable bonds is 8. The highest BCUT2D eigenvalue weighted by atomic mass is 32.2. The topological polar surface area (TPSA) is 85.7 Å². The molecule has 0 unspecified atom stereocenters. The molecule has 0 atom stereocenters. The van der Waals surface area contributed by atoms with E-state index in [1.807, 2.05) is 23.6 Å². The van der Waals surface area contributed by atoms with Crippen LogP contribution in [0, 0.1) is 0 Å². The van der Waals surface area contributed by atoms with Gasteiger partial charge in [0, 0.05) is 37.6 Å². The molecule has 0 aromatic carbocycles. The van der Waals surface area contributed by atoms with Gasteiger partial charge in [0.2, 0.25) is 0 Å². The molecule has 3 aromatic heterocycles. The van der Waals surface area contributed by atoms with Crippen molar-refractivity contribution in [1.82, 2.24) is 24.7 Å². The number of H-pyrrole nitrogens is 1. The standard InChI is InChI=1S/C15H17N5O2S2/c1-22-8-4-7-20-14(21)18-19-15(20)24-10-11-9-23-13(17-11)12-5-2-3-6-16-12/h2-3,5-6,9H,4,7-8,10H2,1H3,(H,18,21). The highest BCUT2D eigenvalue weighted by Gasteiger charge is 2.11. The van der Waals surface area contributed by atoms with E-state index in [1.54, 1.807) is 29.2 Å². The van der Waals surface area contributed by atoms with Crippen LogP contribution in [0.3, 0.4) is 0 Å². The van der Waals surface area contributed by atoms with E-state index in [1.165, 1.54) is 11.8 Å². The summed E-state index contributed by atoms with van der Waals surface area (Å²) >= 11 is 3.05. The first kappa shape index (κ1) is 16.9. The number of thioether (sulfide) groups is 1. The van der Waals surface area contributed by atoms with Crippen molar-refractivity contribution in [3.8, 4) is 10.7 Å². The van der Waals surface area contributed by atoms with Crippen molar-refractivity contribution in [3.05, 3.63) is 46.0 Å². The van der Waals surface area contributed by atoms with Crippen LogP contribution in [0.2, 0.25) is 0 Å². The van der Waals surface area contributed by atoms with Gasteiger partial charge in [-0.15, -0.1) is 16.4 Å². The van der Waals surface area contributed by atoms with Crippen molar-refractivity contribution < 1.29 is 4.74 Å². The third-order valence-corrected chi connectivity index (χ3v) is 5.16. The summed E-state index contributed by atoms with van der Waals surface area (Å²) in [7, 11) is 1.65. The predicted octanol–water partition coefficient (Wildman–Crippen LogP) is 2.42. The van der Waals surface area contributed by atoms with Crippen molar-refractivity contribution in [2.75, 3.05) is 13.7 Å². The summed E-state index contributed by atoms with van der Waals surface area (Å²) in [6.45, 7) is 1.20. The smallest absolute Gasteiger partial charge is 0.343 e. The molecule has 0 bridgehead atoms. The van der Waals surface area contributed by atoms with E-state index >= 15 is 0 Å². The molecule has 9 heteroatoms. The van der Waals surface area contributed by atoms with Crippen LogP contribution in [0.15, 0.2) is 39.7 Å². The fourth-order valence-corrected chi connectivity index (χ4v) is 3.86. The molecule has 7 nitrogen and oxygen atoms in total. The minimum absolute atomic E-state index is 0.193. The fraction of sp³-hybridized carbons (Fsp3) is 0.333. The number of hydrogen-bond donors (Lipinski definition) is 1. The molecule has 1 N–H and O–H groups in total. The van der Waals surface area contributed by atoms with E-state index in [0.29, 0.717) is 24.1 Å². The number of methoxy groups -OCH3 is 1. The Bertz CT molecular complexity index is 828. The van der Waals surface area contributed by atoms with Crippen LogP contribution in [0.25, 0.3) is 10.7 Å². The first-order chi connectivity index (χ1) is 11.8. The summed E-state index contributed by atoms with van der Waals surface area (Å²) in [4.78, 5) is 20.7. The lowest BCUT2D eigenvalue weighted by Gasteiger charge is -2.04. The minimum atomic E-state index is -0.193. The lowest BCUT2D eigenvalue weighted by atomic mass is 10.4. The first-order valence-electron chi connectivity index (χ1n) is 7.40. The van der Waals surface area contributed by atoms with Crippen LogP contribution in [0.5, 0.6) is 0 Å². The largest absolute Gasteiger partial charge is 0.385 e. The number of nitrogens with zero attached hydrogens (tertiary/aromatic N) is 4. The quantitative estimate of drug-likeness (QED) is 0.489. The monoisotopic (exact) mass is 363 g/mol. The Labute approximate surface area is 147 Å². The average Bonchev–Trinajstić information content (AvgIpc) is 3.22. The second-order valence-electron chi connectivity index (χ2n) is 4.96. The van der Waals surface area contributed by atoms with Crippen LogP contribution >= 0.6 is 23.1 Å². The number of aromatic amines is 1. The number of pyridine rings is 1. The van der Waals surface area contributed by atoms with Crippen molar-refractivity contribution in [2.45, 2.75) is 23.9 Å². The van der Waals surface area contributed by atoms with Crippen molar-refractivity contribution in [1.29, 1.82) is 0 Å². The van der Waals surface area contributed by atoms with Crippen LogP contribution in [-0.4, -0.2) is 38.4 Å². The molecular weight excluding hydrogens is 346 g/mol. The molecule has 0 fully saturated rings. The Morgan fingerprint density at radius 1 is 1.42 bits per heavy atom. The lowest BCUT2D eigenvalue weighted by molar-refractivity contribution is 0.189. The molecule has 24 heavy (non-hydrogen) atoms. The fourth-order valence-electron chi connectivity index (χ4n) is 2.10. The summed E-state index contributed by atoms with van der Waals surface area (Å²) in [6, 6.07) is 5.77. The molecule has 0 saturated heterocycles. The van der Waals surface area contributed by atoms with Gasteiger partial charge in [-0.2, -0.15) is 0 Å². The van der Waals surface area contributed by atoms with Crippen LogP contribution < -0.4 is 5.69 Å². The highest BCUT2D eigenvalue weighted by molar-refractivity contribution is 7.98. The van der Waals surface area contributed by atoms with Gasteiger partial charge in [-0.05, 0) is 18.6 Å². The van der Waals surface area contributed by atoms with Crippen molar-refractivity contribution >= 4 is 23.1 Å². The second-order valence-corrected chi connectivity index (χ2v) is 6.76. The molecule has 3 aromatic rings. The number of hydrogen-bond acceptors (Lipinski definition) is 7. The van der Waals surface area contributed by atoms with E-state index in [0.717, 1.165) is 22.8 Å². The summed E-state index contributed by atoms with van der Waals surface area (Å²) in [5.41, 5.74) is 1.63. The Morgan fingerprint density at radius 2 is 2.33 bits per heavy atom. The normalized spacial score (nSPS) is 11.0. The van der Waals surface area contributed by atoms with E-state index < -0.39 is 0 Å². The Kier molecular flexibility index (Phi) is 5.78. The zero-order valence-corrected chi connectivity index (χ0v) is 14.8. The maximum Gasteiger partial charge on any atom is 0.343 e. The van der Waals surface area contributed by atoms with Gasteiger partial charge in [-0.3, -0.25) is 9.55 Å². The minimum Gasteiger partial charge on any atom is -0.385 e. The van der Waals surface area contributed by atoms with E-state index in [-0.39, 0.29) is 5.69 Å². The molecule has 0 amide bonds. The molecule has 0 aliphatic carbocycles. The predicted molar refractivity (Wildman–Crippen MR) is 94.2 cm³/mol. The van der Waals surface area contributed by atoms with Gasteiger partial charge in [0.15, 0.2) is 5.16 Å². The zero-order chi connectivity index (χ0) is 16.8. The Hall–Kier alpha value is -1.97. The molecule has 3 rings (SSSR count). The number of thiazole rings is 1. The van der Waals surface area contributed by atoms with Gasteiger partial charge in [0.25, 0.3) is 0 Å². The lowest BCUT2D eigenvalue weighted by Crippen LogP contribution is -2.18. The summed E-state index contributed by atoms with van der Waals surface area (Å²) in [6.07, 6.45) is 2.53. The second kappa shape index (κ2) is 8.22. The van der Waals surface area contributed by atoms with Crippen molar-refractivity contribution in [3.63, 3.8) is 0 Å². The van der Waals surface area contributed by atoms with E-state index in [9.17, 15) is 4.79 Å². The van der Waals surface area contributed by atoms with Crippen LogP contribution in [0.1, 0.15) is 12.1 Å². The molecule has 126 valence electrons. The molecular formula is C15H17N5O2S2. The van der Waals surface area contributed by atoms with Gasteiger partial charge in [-0.1, -0.05) is 17.8 Å². The van der Waals surface area contributed by atoms with Gasteiger partial charge in [0.05, 0.1) is 11.4 Å². The Balaban J connectivity index is 1.64. The molecule has 0 saturated carbocycles. The van der Waals surface area contributed by atoms with Crippen molar-refractivity contribution in [2.24, 2.45) is 0 Å². The molecule has 0 aliphatic rings. The molecule has 0 spiro atoms. The summed E-state index contributed by atoms with van der Waals surface area (Å²) < 4.78 is 6.66. The van der Waals surface area contributed by atoms with Crippen LogP contribution in [-0.2, 0) is 17.0 Å². The number of nitrogens with one attached hydrogen (secondary N) is 1. The van der Waals surface area contributed by atoms with Gasteiger partial charge < -0.3 is 4.74 Å². The van der Waals surface area contributed by atoms with Gasteiger partial charge in [-0.25, -0.2) is 14.9 Å². The Morgan fingerprint density at radius 3 is 3.12 bits per heavy atom. The molecule has 0 radical (unpaired) electrons. The first-order valence-corrected chi connectivity index (χ1v) is 9.27. The van der Waals surface area contributed by atoms with E-state index in [4.69, 9.17) is 4.74 Å². The summed E-state index contributed by atoms with van der Waals surface area (Å²) in [5.74, 6) is 0.651. The average molecular weight is 363 g/mol. The van der Waals surface area contributed by atoms with E-state index in [2.05, 4.69) is 20.2 Å². The third-order valence-electron chi connectivity index (χ3n) is 3.24. The van der Waals surface area contributed by atoms with Crippen LogP contribution in [0.4, 0.5) is 0 Å². The van der Waals surface area contributed by atoms with Gasteiger partial charge >= 0.3 is 5.69 Å². The maximum absolute atomic E-state index is 11.8. The SMILES string of the molecule is COCCCn1c(SCc2csc(-c3ccccn3)n2)n[nH]c1=O.